The lowest BCUT2D eigenvalue weighted by atomic mass is 9.93. The van der Waals surface area contributed by atoms with E-state index in [4.69, 9.17) is 4.74 Å². The van der Waals surface area contributed by atoms with Crippen molar-refractivity contribution in [2.75, 3.05) is 24.6 Å². The van der Waals surface area contributed by atoms with E-state index in [1.54, 1.807) is 11.3 Å². The van der Waals surface area contributed by atoms with E-state index < -0.39 is 0 Å². The van der Waals surface area contributed by atoms with Crippen LogP contribution in [-0.2, 0) is 5.41 Å². The summed E-state index contributed by atoms with van der Waals surface area (Å²) in [6, 6.07) is 3.88. The summed E-state index contributed by atoms with van der Waals surface area (Å²) in [5.41, 5.74) is 1.89. The topological polar surface area (TPSA) is 68.4 Å². The van der Waals surface area contributed by atoms with Gasteiger partial charge in [0.2, 0.25) is 11.0 Å². The molecule has 2 aliphatic rings. The molecule has 1 aliphatic heterocycles. The summed E-state index contributed by atoms with van der Waals surface area (Å²) in [5, 5.41) is 15.6. The number of aromatic nitrogens is 5. The first-order valence-corrected chi connectivity index (χ1v) is 10.9. The van der Waals surface area contributed by atoms with Crippen LogP contribution in [0.3, 0.4) is 0 Å². The molecule has 0 spiro atoms. The minimum absolute atomic E-state index is 0.00604. The van der Waals surface area contributed by atoms with E-state index in [1.165, 1.54) is 17.8 Å². The SMILES string of the molecule is CC(C)(C)c1cn2nc(OCC3CCN(c4nnc(C5CC5)s4)C3)ccc2n1. The van der Waals surface area contributed by atoms with Gasteiger partial charge in [0.15, 0.2) is 5.65 Å². The Kier molecular flexibility index (Phi) is 4.26. The van der Waals surface area contributed by atoms with Crippen LogP contribution in [0.25, 0.3) is 5.65 Å². The number of nitrogens with zero attached hydrogens (tertiary/aromatic N) is 6. The summed E-state index contributed by atoms with van der Waals surface area (Å²) in [6.45, 7) is 9.14. The van der Waals surface area contributed by atoms with Crippen LogP contribution in [0.15, 0.2) is 18.3 Å². The zero-order valence-corrected chi connectivity index (χ0v) is 17.4. The first-order chi connectivity index (χ1) is 13.5. The lowest BCUT2D eigenvalue weighted by Crippen LogP contribution is -2.21. The third-order valence-corrected chi connectivity index (χ3v) is 6.59. The van der Waals surface area contributed by atoms with Crippen LogP contribution < -0.4 is 9.64 Å². The maximum absolute atomic E-state index is 6.01. The third kappa shape index (κ3) is 3.57. The second-order valence-electron chi connectivity index (χ2n) is 8.96. The molecule has 148 valence electrons. The molecule has 1 saturated carbocycles. The molecule has 3 aromatic rings. The standard InChI is InChI=1S/C20H26N6OS/c1-20(2,3)15-11-26-16(21-15)6-7-17(24-26)27-12-13-8-9-25(10-13)19-23-22-18(28-19)14-4-5-14/h6-7,11,13-14H,4-5,8-10,12H2,1-3H3. The number of imidazole rings is 1. The highest BCUT2D eigenvalue weighted by molar-refractivity contribution is 7.15. The maximum Gasteiger partial charge on any atom is 0.231 e. The Balaban J connectivity index is 1.20. The Morgan fingerprint density at radius 3 is 2.82 bits per heavy atom. The third-order valence-electron chi connectivity index (χ3n) is 5.44. The van der Waals surface area contributed by atoms with Crippen molar-refractivity contribution in [2.24, 2.45) is 5.92 Å². The monoisotopic (exact) mass is 398 g/mol. The molecule has 3 aromatic heterocycles. The normalized spacial score (nSPS) is 20.2. The first-order valence-electron chi connectivity index (χ1n) is 10.0. The largest absolute Gasteiger partial charge is 0.476 e. The number of anilines is 1. The van der Waals surface area contributed by atoms with E-state index in [9.17, 15) is 0 Å². The molecule has 1 atom stereocenters. The van der Waals surface area contributed by atoms with Crippen molar-refractivity contribution in [3.05, 3.63) is 29.0 Å². The van der Waals surface area contributed by atoms with Crippen LogP contribution in [-0.4, -0.2) is 44.5 Å². The van der Waals surface area contributed by atoms with E-state index >= 15 is 0 Å². The number of hydrogen-bond acceptors (Lipinski definition) is 7. The van der Waals surface area contributed by atoms with Gasteiger partial charge in [0.05, 0.1) is 18.5 Å². The highest BCUT2D eigenvalue weighted by atomic mass is 32.1. The molecule has 5 rings (SSSR count). The molecular weight excluding hydrogens is 372 g/mol. The van der Waals surface area contributed by atoms with Crippen molar-refractivity contribution in [1.29, 1.82) is 0 Å². The van der Waals surface area contributed by atoms with Crippen molar-refractivity contribution in [3.63, 3.8) is 0 Å². The fourth-order valence-corrected chi connectivity index (χ4v) is 4.55. The van der Waals surface area contributed by atoms with Gasteiger partial charge in [-0.05, 0) is 25.3 Å². The zero-order chi connectivity index (χ0) is 19.3. The smallest absolute Gasteiger partial charge is 0.231 e. The van der Waals surface area contributed by atoms with Gasteiger partial charge in [-0.25, -0.2) is 9.50 Å². The summed E-state index contributed by atoms with van der Waals surface area (Å²) < 4.78 is 7.83. The average Bonchev–Trinajstić information content (AvgIpc) is 3.10. The van der Waals surface area contributed by atoms with E-state index in [1.807, 2.05) is 22.8 Å². The predicted molar refractivity (Wildman–Crippen MR) is 109 cm³/mol. The summed E-state index contributed by atoms with van der Waals surface area (Å²) in [4.78, 5) is 7.00. The Hall–Kier alpha value is -2.22. The van der Waals surface area contributed by atoms with Crippen LogP contribution in [0.2, 0.25) is 0 Å². The second kappa shape index (κ2) is 6.69. The molecule has 28 heavy (non-hydrogen) atoms. The lowest BCUT2D eigenvalue weighted by Gasteiger charge is -2.14. The van der Waals surface area contributed by atoms with E-state index in [-0.39, 0.29) is 5.41 Å². The van der Waals surface area contributed by atoms with Gasteiger partial charge in [-0.2, -0.15) is 0 Å². The zero-order valence-electron chi connectivity index (χ0n) is 16.6. The van der Waals surface area contributed by atoms with E-state index in [2.05, 4.69) is 46.0 Å². The van der Waals surface area contributed by atoms with Crippen molar-refractivity contribution in [1.82, 2.24) is 24.8 Å². The number of ether oxygens (including phenoxy) is 1. The molecule has 4 heterocycles. The van der Waals surface area contributed by atoms with Gasteiger partial charge in [0, 0.05) is 36.4 Å². The van der Waals surface area contributed by atoms with Gasteiger partial charge in [-0.15, -0.1) is 15.3 Å². The number of fused-ring (bicyclic) bond motifs is 1. The highest BCUT2D eigenvalue weighted by Gasteiger charge is 2.30. The Morgan fingerprint density at radius 1 is 1.18 bits per heavy atom. The summed E-state index contributed by atoms with van der Waals surface area (Å²) in [5.74, 6) is 1.81. The number of hydrogen-bond donors (Lipinski definition) is 0. The van der Waals surface area contributed by atoms with E-state index in [0.29, 0.717) is 24.3 Å². The molecule has 1 aliphatic carbocycles. The minimum atomic E-state index is 0.00604. The molecule has 1 saturated heterocycles. The van der Waals surface area contributed by atoms with Gasteiger partial charge in [-0.3, -0.25) is 0 Å². The van der Waals surface area contributed by atoms with Crippen LogP contribution in [0, 0.1) is 5.92 Å². The van der Waals surface area contributed by atoms with Crippen molar-refractivity contribution in [3.8, 4) is 5.88 Å². The average molecular weight is 399 g/mol. The summed E-state index contributed by atoms with van der Waals surface area (Å²) in [6.07, 6.45) is 5.65. The molecule has 7 nitrogen and oxygen atoms in total. The molecule has 8 heteroatoms. The highest BCUT2D eigenvalue weighted by Crippen LogP contribution is 2.43. The van der Waals surface area contributed by atoms with Crippen LogP contribution in [0.1, 0.15) is 56.7 Å². The lowest BCUT2D eigenvalue weighted by molar-refractivity contribution is 0.249. The fourth-order valence-electron chi connectivity index (χ4n) is 3.50. The van der Waals surface area contributed by atoms with Gasteiger partial charge in [-0.1, -0.05) is 32.1 Å². The van der Waals surface area contributed by atoms with Crippen molar-refractivity contribution in [2.45, 2.75) is 51.4 Å². The molecule has 2 fully saturated rings. The van der Waals surface area contributed by atoms with Gasteiger partial charge in [0.25, 0.3) is 0 Å². The van der Waals surface area contributed by atoms with Gasteiger partial charge < -0.3 is 9.64 Å². The van der Waals surface area contributed by atoms with Crippen molar-refractivity contribution >= 4 is 22.1 Å². The second-order valence-corrected chi connectivity index (χ2v) is 9.95. The van der Waals surface area contributed by atoms with Crippen molar-refractivity contribution < 1.29 is 4.74 Å². The molecule has 1 unspecified atom stereocenters. The Bertz CT molecular complexity index is 986. The molecule has 0 radical (unpaired) electrons. The molecule has 0 N–H and O–H groups in total. The summed E-state index contributed by atoms with van der Waals surface area (Å²) in [7, 11) is 0. The van der Waals surface area contributed by atoms with Crippen LogP contribution >= 0.6 is 11.3 Å². The van der Waals surface area contributed by atoms with Crippen LogP contribution in [0.5, 0.6) is 5.88 Å². The molecule has 0 aromatic carbocycles. The molecular formula is C20H26N6OS. The molecule has 0 amide bonds. The first kappa shape index (κ1) is 17.8. The van der Waals surface area contributed by atoms with Gasteiger partial charge in [0.1, 0.15) is 5.01 Å². The Labute approximate surface area is 168 Å². The predicted octanol–water partition coefficient (Wildman–Crippen LogP) is 3.66. The Morgan fingerprint density at radius 2 is 2.04 bits per heavy atom. The minimum Gasteiger partial charge on any atom is -0.476 e. The van der Waals surface area contributed by atoms with Crippen LogP contribution in [0.4, 0.5) is 5.13 Å². The molecule has 0 bridgehead atoms. The van der Waals surface area contributed by atoms with E-state index in [0.717, 1.165) is 36.0 Å². The van der Waals surface area contributed by atoms with Gasteiger partial charge >= 0.3 is 0 Å². The number of rotatable bonds is 5. The summed E-state index contributed by atoms with van der Waals surface area (Å²) >= 11 is 1.76. The fraction of sp³-hybridized carbons (Fsp3) is 0.600. The quantitative estimate of drug-likeness (QED) is 0.653. The maximum atomic E-state index is 6.01.